The van der Waals surface area contributed by atoms with Crippen LogP contribution < -0.4 is 5.56 Å². The lowest BCUT2D eigenvalue weighted by Gasteiger charge is -2.05. The molecule has 0 aromatic carbocycles. The third-order valence-electron chi connectivity index (χ3n) is 2.61. The summed E-state index contributed by atoms with van der Waals surface area (Å²) in [6.07, 6.45) is 4.19. The van der Waals surface area contributed by atoms with E-state index in [9.17, 15) is 4.79 Å². The second kappa shape index (κ2) is 3.92. The Morgan fingerprint density at radius 1 is 1.50 bits per heavy atom. The predicted octanol–water partition coefficient (Wildman–Crippen LogP) is 1.04. The molecule has 5 nitrogen and oxygen atoms in total. The summed E-state index contributed by atoms with van der Waals surface area (Å²) in [5.74, 6) is 1.19. The predicted molar refractivity (Wildman–Crippen MR) is 61.2 cm³/mol. The first-order valence-electron chi connectivity index (χ1n) is 5.21. The van der Waals surface area contributed by atoms with Crippen molar-refractivity contribution in [2.75, 3.05) is 0 Å². The van der Waals surface area contributed by atoms with Gasteiger partial charge in [-0.3, -0.25) is 4.79 Å². The molecule has 2 rings (SSSR count). The Bertz CT molecular complexity index is 568. The summed E-state index contributed by atoms with van der Waals surface area (Å²) in [6, 6.07) is 0. The Balaban J connectivity index is 2.61. The monoisotopic (exact) mass is 218 g/mol. The van der Waals surface area contributed by atoms with Gasteiger partial charge in [-0.15, -0.1) is 0 Å². The molecule has 0 amide bonds. The number of hydrogen-bond acceptors (Lipinski definition) is 3. The second-order valence-electron chi connectivity index (χ2n) is 3.69. The van der Waals surface area contributed by atoms with E-state index in [1.165, 1.54) is 0 Å². The van der Waals surface area contributed by atoms with E-state index >= 15 is 0 Å². The molecule has 84 valence electrons. The lowest BCUT2D eigenvalue weighted by atomic mass is 10.2. The Morgan fingerprint density at radius 3 is 2.75 bits per heavy atom. The first-order chi connectivity index (χ1) is 7.63. The minimum atomic E-state index is -0.0759. The van der Waals surface area contributed by atoms with Crippen LogP contribution in [0, 0.1) is 6.92 Å². The third-order valence-corrected chi connectivity index (χ3v) is 2.61. The average Bonchev–Trinajstić information content (AvgIpc) is 2.64. The van der Waals surface area contributed by atoms with Gasteiger partial charge < -0.3 is 9.55 Å². The molecule has 0 radical (unpaired) electrons. The fourth-order valence-corrected chi connectivity index (χ4v) is 1.73. The van der Waals surface area contributed by atoms with Crippen LogP contribution in [0.3, 0.4) is 0 Å². The number of H-pyrrole nitrogens is 1. The zero-order valence-electron chi connectivity index (χ0n) is 9.61. The molecule has 0 fully saturated rings. The topological polar surface area (TPSA) is 63.6 Å². The maximum atomic E-state index is 11.8. The molecule has 0 saturated carbocycles. The molecule has 0 unspecified atom stereocenters. The van der Waals surface area contributed by atoms with Gasteiger partial charge in [0.15, 0.2) is 11.6 Å². The molecule has 0 aliphatic heterocycles. The lowest BCUT2D eigenvalue weighted by molar-refractivity contribution is 0.887. The molecule has 2 aromatic heterocycles. The molecule has 0 atom stereocenters. The minimum Gasteiger partial charge on any atom is -0.331 e. The van der Waals surface area contributed by atoms with E-state index < -0.39 is 0 Å². The Hall–Kier alpha value is -1.91. The van der Waals surface area contributed by atoms with Gasteiger partial charge in [0.2, 0.25) is 0 Å². The summed E-state index contributed by atoms with van der Waals surface area (Å²) in [5.41, 5.74) is 1.43. The maximum Gasteiger partial charge on any atom is 0.254 e. The average molecular weight is 218 g/mol. The Labute approximate surface area is 93.2 Å². The van der Waals surface area contributed by atoms with Gasteiger partial charge in [0.05, 0.1) is 0 Å². The van der Waals surface area contributed by atoms with Crippen molar-refractivity contribution >= 4 is 0 Å². The molecular weight excluding hydrogens is 204 g/mol. The molecular formula is C11H14N4O. The number of aryl methyl sites for hydroxylation is 2. The quantitative estimate of drug-likeness (QED) is 0.819. The van der Waals surface area contributed by atoms with E-state index in [4.69, 9.17) is 0 Å². The van der Waals surface area contributed by atoms with Gasteiger partial charge in [0.1, 0.15) is 0 Å². The number of aromatic nitrogens is 4. The highest BCUT2D eigenvalue weighted by Gasteiger charge is 2.10. The van der Waals surface area contributed by atoms with Gasteiger partial charge >= 0.3 is 0 Å². The first kappa shape index (κ1) is 10.6. The highest BCUT2D eigenvalue weighted by molar-refractivity contribution is 5.44. The fraction of sp³-hybridized carbons (Fsp3) is 0.364. The highest BCUT2D eigenvalue weighted by Crippen LogP contribution is 2.11. The Kier molecular flexibility index (Phi) is 2.60. The van der Waals surface area contributed by atoms with Gasteiger partial charge in [-0.05, 0) is 13.3 Å². The third kappa shape index (κ3) is 1.64. The SMILES string of the molecule is CCc1c(C)nc(-c2nccn2C)[nH]c1=O. The lowest BCUT2D eigenvalue weighted by Crippen LogP contribution is -2.17. The van der Waals surface area contributed by atoms with E-state index in [2.05, 4.69) is 15.0 Å². The molecule has 0 spiro atoms. The summed E-state index contributed by atoms with van der Waals surface area (Å²) >= 11 is 0. The zero-order chi connectivity index (χ0) is 11.7. The number of nitrogens with one attached hydrogen (secondary N) is 1. The molecule has 16 heavy (non-hydrogen) atoms. The van der Waals surface area contributed by atoms with Crippen molar-refractivity contribution < 1.29 is 0 Å². The van der Waals surface area contributed by atoms with Crippen molar-refractivity contribution in [3.8, 4) is 11.6 Å². The zero-order valence-corrected chi connectivity index (χ0v) is 9.61. The number of nitrogens with zero attached hydrogens (tertiary/aromatic N) is 3. The van der Waals surface area contributed by atoms with Gasteiger partial charge in [-0.1, -0.05) is 6.92 Å². The number of imidazole rings is 1. The van der Waals surface area contributed by atoms with Gasteiger partial charge in [0.25, 0.3) is 5.56 Å². The maximum absolute atomic E-state index is 11.8. The van der Waals surface area contributed by atoms with Crippen molar-refractivity contribution in [1.82, 2.24) is 19.5 Å². The summed E-state index contributed by atoms with van der Waals surface area (Å²) in [7, 11) is 1.87. The van der Waals surface area contributed by atoms with Crippen molar-refractivity contribution in [2.24, 2.45) is 7.05 Å². The number of hydrogen-bond donors (Lipinski definition) is 1. The highest BCUT2D eigenvalue weighted by atomic mass is 16.1. The first-order valence-corrected chi connectivity index (χ1v) is 5.21. The van der Waals surface area contributed by atoms with Crippen molar-refractivity contribution in [3.05, 3.63) is 34.0 Å². The van der Waals surface area contributed by atoms with E-state index in [1.54, 1.807) is 6.20 Å². The van der Waals surface area contributed by atoms with Gasteiger partial charge in [0, 0.05) is 30.7 Å². The van der Waals surface area contributed by atoms with Crippen LogP contribution in [0.2, 0.25) is 0 Å². The summed E-state index contributed by atoms with van der Waals surface area (Å²) < 4.78 is 1.82. The van der Waals surface area contributed by atoms with Crippen LogP contribution in [-0.4, -0.2) is 19.5 Å². The van der Waals surface area contributed by atoms with Crippen LogP contribution in [0.4, 0.5) is 0 Å². The van der Waals surface area contributed by atoms with Crippen LogP contribution >= 0.6 is 0 Å². The van der Waals surface area contributed by atoms with Crippen molar-refractivity contribution in [2.45, 2.75) is 20.3 Å². The molecule has 0 saturated heterocycles. The minimum absolute atomic E-state index is 0.0759. The molecule has 5 heteroatoms. The number of rotatable bonds is 2. The molecule has 0 bridgehead atoms. The number of aromatic amines is 1. The van der Waals surface area contributed by atoms with E-state index in [0.717, 1.165) is 11.3 Å². The molecule has 2 heterocycles. The largest absolute Gasteiger partial charge is 0.331 e. The van der Waals surface area contributed by atoms with E-state index in [1.807, 2.05) is 31.7 Å². The van der Waals surface area contributed by atoms with E-state index in [-0.39, 0.29) is 5.56 Å². The molecule has 1 N–H and O–H groups in total. The smallest absolute Gasteiger partial charge is 0.254 e. The Morgan fingerprint density at radius 2 is 2.25 bits per heavy atom. The van der Waals surface area contributed by atoms with Gasteiger partial charge in [-0.25, -0.2) is 9.97 Å². The second-order valence-corrected chi connectivity index (χ2v) is 3.69. The molecule has 0 aliphatic rings. The van der Waals surface area contributed by atoms with Crippen molar-refractivity contribution in [3.63, 3.8) is 0 Å². The normalized spacial score (nSPS) is 10.7. The van der Waals surface area contributed by atoms with E-state index in [0.29, 0.717) is 18.1 Å². The van der Waals surface area contributed by atoms with Crippen LogP contribution in [0.5, 0.6) is 0 Å². The van der Waals surface area contributed by atoms with Crippen LogP contribution in [0.1, 0.15) is 18.2 Å². The van der Waals surface area contributed by atoms with Crippen LogP contribution in [0.25, 0.3) is 11.6 Å². The summed E-state index contributed by atoms with van der Waals surface area (Å²) in [4.78, 5) is 23.0. The van der Waals surface area contributed by atoms with Crippen LogP contribution in [-0.2, 0) is 13.5 Å². The fourth-order valence-electron chi connectivity index (χ4n) is 1.73. The van der Waals surface area contributed by atoms with Crippen LogP contribution in [0.15, 0.2) is 17.2 Å². The molecule has 2 aromatic rings. The summed E-state index contributed by atoms with van der Waals surface area (Å²) in [6.45, 7) is 3.79. The van der Waals surface area contributed by atoms with Gasteiger partial charge in [-0.2, -0.15) is 0 Å². The molecule has 0 aliphatic carbocycles. The van der Waals surface area contributed by atoms with Crippen molar-refractivity contribution in [1.29, 1.82) is 0 Å². The summed E-state index contributed by atoms with van der Waals surface area (Å²) in [5, 5.41) is 0. The standard InChI is InChI=1S/C11H14N4O/c1-4-8-7(2)13-9(14-11(8)16)10-12-5-6-15(10)3/h5-6H,4H2,1-3H3,(H,13,14,16).